The molecule has 4 nitrogen and oxygen atoms in total. The van der Waals surface area contributed by atoms with Gasteiger partial charge in [-0.15, -0.1) is 5.10 Å². The van der Waals surface area contributed by atoms with E-state index in [1.54, 1.807) is 13.1 Å². The van der Waals surface area contributed by atoms with Crippen LogP contribution < -0.4 is 0 Å². The van der Waals surface area contributed by atoms with E-state index in [1.807, 2.05) is 0 Å². The summed E-state index contributed by atoms with van der Waals surface area (Å²) in [6.45, 7) is 0. The summed E-state index contributed by atoms with van der Waals surface area (Å²) in [5, 5.41) is 3.93. The minimum absolute atomic E-state index is 0.280. The summed E-state index contributed by atoms with van der Waals surface area (Å²) >= 11 is 3.24. The van der Waals surface area contributed by atoms with Crippen molar-refractivity contribution in [3.8, 4) is 0 Å². The van der Waals surface area contributed by atoms with Gasteiger partial charge in [-0.1, -0.05) is 0 Å². The number of rotatable bonds is 1. The average Bonchev–Trinajstić information content (AvgIpc) is 2.52. The molecule has 0 radical (unpaired) electrons. The van der Waals surface area contributed by atoms with E-state index in [0.29, 0.717) is 15.4 Å². The highest BCUT2D eigenvalue weighted by Crippen LogP contribution is 2.26. The number of hydrogen-bond acceptors (Lipinski definition) is 3. The van der Waals surface area contributed by atoms with Crippen LogP contribution in [0.5, 0.6) is 0 Å². The monoisotopic (exact) mass is 286 g/mol. The molecular formula is C10H8BrFN2O2. The van der Waals surface area contributed by atoms with Gasteiger partial charge in [0.2, 0.25) is 5.95 Å². The third-order valence-corrected chi connectivity index (χ3v) is 2.96. The van der Waals surface area contributed by atoms with E-state index in [0.717, 1.165) is 0 Å². The number of esters is 1. The number of hydrogen-bond donors (Lipinski definition) is 0. The lowest BCUT2D eigenvalue weighted by Crippen LogP contribution is -2.02. The van der Waals surface area contributed by atoms with Gasteiger partial charge < -0.3 is 4.74 Å². The topological polar surface area (TPSA) is 44.1 Å². The van der Waals surface area contributed by atoms with Crippen LogP contribution in [0.1, 0.15) is 10.4 Å². The molecule has 0 unspecified atom stereocenters. The quantitative estimate of drug-likeness (QED) is 0.756. The summed E-state index contributed by atoms with van der Waals surface area (Å²) in [5.74, 6) is -1.12. The fraction of sp³-hybridized carbons (Fsp3) is 0.200. The standard InChI is InChI=1S/C10H8BrFN2O2/c1-14-8-4-7(11)5(10(15)16-2)3-6(8)9(12)13-14/h3-4H,1-2H3. The van der Waals surface area contributed by atoms with E-state index in [2.05, 4.69) is 25.8 Å². The number of halogens is 2. The van der Waals surface area contributed by atoms with Gasteiger partial charge in [-0.3, -0.25) is 4.68 Å². The maximum Gasteiger partial charge on any atom is 0.339 e. The lowest BCUT2D eigenvalue weighted by atomic mass is 10.1. The number of aromatic nitrogens is 2. The molecule has 0 N–H and O–H groups in total. The minimum Gasteiger partial charge on any atom is -0.465 e. The smallest absolute Gasteiger partial charge is 0.339 e. The van der Waals surface area contributed by atoms with Crippen molar-refractivity contribution in [3.05, 3.63) is 28.1 Å². The van der Waals surface area contributed by atoms with Crippen LogP contribution in [-0.4, -0.2) is 22.9 Å². The maximum atomic E-state index is 13.4. The van der Waals surface area contributed by atoms with Gasteiger partial charge >= 0.3 is 5.97 Å². The van der Waals surface area contributed by atoms with Gasteiger partial charge in [0.15, 0.2) is 0 Å². The van der Waals surface area contributed by atoms with Crippen LogP contribution in [0.2, 0.25) is 0 Å². The first-order valence-corrected chi connectivity index (χ1v) is 5.24. The zero-order valence-electron chi connectivity index (χ0n) is 8.62. The summed E-state index contributed by atoms with van der Waals surface area (Å²) in [5.41, 5.74) is 0.888. The summed E-state index contributed by atoms with van der Waals surface area (Å²) in [7, 11) is 2.91. The van der Waals surface area contributed by atoms with Crippen molar-refractivity contribution in [1.29, 1.82) is 0 Å². The molecule has 16 heavy (non-hydrogen) atoms. The van der Waals surface area contributed by atoms with Gasteiger partial charge in [-0.25, -0.2) is 4.79 Å². The molecule has 0 aliphatic heterocycles. The van der Waals surface area contributed by atoms with Gasteiger partial charge in [0.25, 0.3) is 0 Å². The molecule has 0 saturated carbocycles. The van der Waals surface area contributed by atoms with Crippen molar-refractivity contribution >= 4 is 32.8 Å². The van der Waals surface area contributed by atoms with Crippen molar-refractivity contribution in [1.82, 2.24) is 9.78 Å². The molecule has 84 valence electrons. The summed E-state index contributed by atoms with van der Waals surface area (Å²) in [4.78, 5) is 11.4. The van der Waals surface area contributed by atoms with Gasteiger partial charge in [0, 0.05) is 11.5 Å². The molecule has 0 spiro atoms. The molecule has 1 heterocycles. The van der Waals surface area contributed by atoms with Crippen LogP contribution in [-0.2, 0) is 11.8 Å². The van der Waals surface area contributed by atoms with Crippen molar-refractivity contribution < 1.29 is 13.9 Å². The lowest BCUT2D eigenvalue weighted by Gasteiger charge is -2.03. The van der Waals surface area contributed by atoms with E-state index in [-0.39, 0.29) is 5.56 Å². The Bertz CT molecular complexity index is 580. The molecule has 0 amide bonds. The summed E-state index contributed by atoms with van der Waals surface area (Å²) in [6.07, 6.45) is 0. The highest BCUT2D eigenvalue weighted by Gasteiger charge is 2.16. The van der Waals surface area contributed by atoms with E-state index >= 15 is 0 Å². The van der Waals surface area contributed by atoms with Crippen LogP contribution >= 0.6 is 15.9 Å². The van der Waals surface area contributed by atoms with Gasteiger partial charge in [0.05, 0.1) is 23.6 Å². The van der Waals surface area contributed by atoms with E-state index < -0.39 is 11.9 Å². The Morgan fingerprint density at radius 3 is 2.88 bits per heavy atom. The van der Waals surface area contributed by atoms with Crippen LogP contribution in [0.25, 0.3) is 10.9 Å². The molecule has 0 atom stereocenters. The van der Waals surface area contributed by atoms with Crippen LogP contribution in [0.15, 0.2) is 16.6 Å². The number of methoxy groups -OCH3 is 1. The summed E-state index contributed by atoms with van der Waals surface area (Å²) < 4.78 is 19.9. The van der Waals surface area contributed by atoms with Gasteiger partial charge in [-0.05, 0) is 28.1 Å². The molecule has 2 rings (SSSR count). The van der Waals surface area contributed by atoms with E-state index in [4.69, 9.17) is 0 Å². The molecule has 0 saturated heterocycles. The molecule has 1 aromatic heterocycles. The van der Waals surface area contributed by atoms with Gasteiger partial charge in [0.1, 0.15) is 0 Å². The van der Waals surface area contributed by atoms with E-state index in [9.17, 15) is 9.18 Å². The zero-order chi connectivity index (χ0) is 11.9. The summed E-state index contributed by atoms with van der Waals surface area (Å²) in [6, 6.07) is 3.06. The minimum atomic E-state index is -0.602. The molecule has 0 fully saturated rings. The molecular weight excluding hydrogens is 279 g/mol. The number of nitrogens with zero attached hydrogens (tertiary/aromatic N) is 2. The first-order chi connectivity index (χ1) is 7.54. The Kier molecular flexibility index (Phi) is 2.67. The van der Waals surface area contributed by atoms with Crippen molar-refractivity contribution in [2.24, 2.45) is 7.05 Å². The third-order valence-electron chi connectivity index (χ3n) is 2.30. The Hall–Kier alpha value is -1.43. The molecule has 0 aliphatic carbocycles. The number of aryl methyl sites for hydroxylation is 1. The van der Waals surface area contributed by atoms with Gasteiger partial charge in [-0.2, -0.15) is 4.39 Å². The third kappa shape index (κ3) is 1.59. The first-order valence-electron chi connectivity index (χ1n) is 4.44. The SMILES string of the molecule is COC(=O)c1cc2c(F)nn(C)c2cc1Br. The fourth-order valence-corrected chi connectivity index (χ4v) is 1.99. The molecule has 6 heteroatoms. The fourth-order valence-electron chi connectivity index (χ4n) is 1.50. The Balaban J connectivity index is 2.75. The second-order valence-electron chi connectivity index (χ2n) is 3.26. The predicted molar refractivity (Wildman–Crippen MR) is 59.7 cm³/mol. The number of benzene rings is 1. The van der Waals surface area contributed by atoms with Crippen LogP contribution in [0, 0.1) is 5.95 Å². The molecule has 0 aliphatic rings. The molecule has 2 aromatic rings. The highest BCUT2D eigenvalue weighted by atomic mass is 79.9. The maximum absolute atomic E-state index is 13.4. The number of carbonyl (C=O) groups is 1. The predicted octanol–water partition coefficient (Wildman–Crippen LogP) is 2.26. The Morgan fingerprint density at radius 2 is 2.25 bits per heavy atom. The number of carbonyl (C=O) groups excluding carboxylic acids is 1. The Morgan fingerprint density at radius 1 is 1.56 bits per heavy atom. The second kappa shape index (κ2) is 3.86. The number of fused-ring (bicyclic) bond motifs is 1. The highest BCUT2D eigenvalue weighted by molar-refractivity contribution is 9.10. The average molecular weight is 287 g/mol. The largest absolute Gasteiger partial charge is 0.465 e. The lowest BCUT2D eigenvalue weighted by molar-refractivity contribution is 0.0600. The normalized spacial score (nSPS) is 10.8. The van der Waals surface area contributed by atoms with Crippen molar-refractivity contribution in [2.45, 2.75) is 0 Å². The zero-order valence-corrected chi connectivity index (χ0v) is 10.2. The Labute approximate surface area is 99.1 Å². The second-order valence-corrected chi connectivity index (χ2v) is 4.11. The van der Waals surface area contributed by atoms with Crippen molar-refractivity contribution in [2.75, 3.05) is 7.11 Å². The first kappa shape index (κ1) is 11.1. The molecule has 1 aromatic carbocycles. The van der Waals surface area contributed by atoms with Crippen LogP contribution in [0.4, 0.5) is 4.39 Å². The van der Waals surface area contributed by atoms with E-state index in [1.165, 1.54) is 17.9 Å². The van der Waals surface area contributed by atoms with Crippen molar-refractivity contribution in [3.63, 3.8) is 0 Å². The molecule has 0 bridgehead atoms. The van der Waals surface area contributed by atoms with Crippen LogP contribution in [0.3, 0.4) is 0 Å². The number of ether oxygens (including phenoxy) is 1.